The Bertz CT molecular complexity index is 2030. The van der Waals surface area contributed by atoms with Crippen molar-refractivity contribution in [3.05, 3.63) is 72.3 Å². The predicted octanol–water partition coefficient (Wildman–Crippen LogP) is 5.74. The third-order valence-electron chi connectivity index (χ3n) is 10.6. The first kappa shape index (κ1) is 39.9. The molecule has 15 nitrogen and oxygen atoms in total. The molecule has 2 aliphatic heterocycles. The normalized spacial score (nSPS) is 18.4. The van der Waals surface area contributed by atoms with Gasteiger partial charge in [0.1, 0.15) is 29.5 Å². The number of imidazole rings is 2. The summed E-state index contributed by atoms with van der Waals surface area (Å²) in [5.41, 5.74) is 3.97. The highest BCUT2D eigenvalue weighted by atomic mass is 19.1. The van der Waals surface area contributed by atoms with Crippen LogP contribution in [0.4, 0.5) is 14.0 Å². The average Bonchev–Trinajstić information content (AvgIpc) is 4.05. The minimum absolute atomic E-state index is 0.132. The molecule has 0 saturated carbocycles. The van der Waals surface area contributed by atoms with E-state index in [4.69, 9.17) is 14.2 Å². The molecule has 0 unspecified atom stereocenters. The molecule has 0 radical (unpaired) electrons. The zero-order valence-electron chi connectivity index (χ0n) is 32.4. The molecular weight excluding hydrogens is 723 g/mol. The van der Waals surface area contributed by atoms with Gasteiger partial charge in [-0.3, -0.25) is 9.59 Å². The standard InChI is InChI=1S/C40H49FN8O7/c1-22(2)33(46-39(52)55-5)37(50)48-17-7-9-31(48)35-42-20-29(44-35)25-13-11-24(12-14-25)26-15-16-27(28(41)19-26)30-21-43-36(45-30)32-10-8-18-49(32)38(51)34(23(3)54-4)47-40(53)56-6/h11-16,19-23,31-34H,7-10,17-18H2,1-6H3,(H,42,44)(H,43,45)(H,46,52)(H,47,53)/t23-,31+,32+,33+,34+/m1/s1. The van der Waals surface area contributed by atoms with Crippen LogP contribution in [-0.4, -0.2) is 106 Å². The number of ether oxygens (including phenoxy) is 3. The first-order chi connectivity index (χ1) is 26.9. The molecule has 4 heterocycles. The number of halogens is 1. The van der Waals surface area contributed by atoms with Crippen LogP contribution in [0.5, 0.6) is 0 Å². The van der Waals surface area contributed by atoms with E-state index >= 15 is 4.39 Å². The van der Waals surface area contributed by atoms with Gasteiger partial charge < -0.3 is 44.6 Å². The van der Waals surface area contributed by atoms with E-state index in [1.807, 2.05) is 44.2 Å². The average molecular weight is 773 g/mol. The van der Waals surface area contributed by atoms with Crippen molar-refractivity contribution in [2.75, 3.05) is 34.4 Å². The van der Waals surface area contributed by atoms with Gasteiger partial charge in [0.25, 0.3) is 0 Å². The van der Waals surface area contributed by atoms with Gasteiger partial charge in [-0.15, -0.1) is 0 Å². The van der Waals surface area contributed by atoms with Crippen LogP contribution in [0.2, 0.25) is 0 Å². The number of carbonyl (C=O) groups is 4. The number of hydrogen-bond acceptors (Lipinski definition) is 9. The molecule has 298 valence electrons. The van der Waals surface area contributed by atoms with Gasteiger partial charge in [-0.1, -0.05) is 44.2 Å². The number of aromatic amines is 2. The molecule has 2 fully saturated rings. The fraction of sp³-hybridized carbons (Fsp3) is 0.450. The van der Waals surface area contributed by atoms with E-state index in [0.29, 0.717) is 48.0 Å². The fourth-order valence-electron chi connectivity index (χ4n) is 7.44. The summed E-state index contributed by atoms with van der Waals surface area (Å²) in [5.74, 6) is 0.129. The maximum atomic E-state index is 15.7. The molecular formula is C40H49FN8O7. The minimum atomic E-state index is -0.958. The second-order valence-corrected chi connectivity index (χ2v) is 14.4. The summed E-state index contributed by atoms with van der Waals surface area (Å²) in [4.78, 5) is 70.2. The van der Waals surface area contributed by atoms with Crippen LogP contribution in [0.3, 0.4) is 0 Å². The van der Waals surface area contributed by atoms with Crippen molar-refractivity contribution < 1.29 is 37.8 Å². The van der Waals surface area contributed by atoms with Crippen LogP contribution >= 0.6 is 0 Å². The highest BCUT2D eigenvalue weighted by molar-refractivity contribution is 5.87. The summed E-state index contributed by atoms with van der Waals surface area (Å²) in [5, 5.41) is 5.25. The highest BCUT2D eigenvalue weighted by Gasteiger charge is 2.39. The van der Waals surface area contributed by atoms with Crippen molar-refractivity contribution in [1.29, 1.82) is 0 Å². The first-order valence-corrected chi connectivity index (χ1v) is 18.8. The molecule has 6 rings (SSSR count). The molecule has 2 saturated heterocycles. The molecule has 0 aliphatic carbocycles. The molecule has 4 amide bonds. The Balaban J connectivity index is 1.13. The van der Waals surface area contributed by atoms with E-state index in [9.17, 15) is 19.2 Å². The number of methoxy groups -OCH3 is 3. The zero-order chi connectivity index (χ0) is 40.1. The lowest BCUT2D eigenvalue weighted by Gasteiger charge is -2.30. The van der Waals surface area contributed by atoms with Gasteiger partial charge in [-0.25, -0.2) is 23.9 Å². The van der Waals surface area contributed by atoms with Gasteiger partial charge >= 0.3 is 12.2 Å². The molecule has 5 atom stereocenters. The number of rotatable bonds is 12. The van der Waals surface area contributed by atoms with Crippen molar-refractivity contribution in [2.45, 2.75) is 76.7 Å². The van der Waals surface area contributed by atoms with Crippen molar-refractivity contribution >= 4 is 24.0 Å². The third kappa shape index (κ3) is 8.39. The van der Waals surface area contributed by atoms with E-state index in [-0.39, 0.29) is 29.8 Å². The van der Waals surface area contributed by atoms with Gasteiger partial charge in [0.05, 0.1) is 56.2 Å². The second kappa shape index (κ2) is 17.4. The van der Waals surface area contributed by atoms with Crippen LogP contribution in [0.1, 0.15) is 70.2 Å². The number of likely N-dealkylation sites (tertiary alicyclic amines) is 2. The van der Waals surface area contributed by atoms with Crippen molar-refractivity contribution in [2.24, 2.45) is 5.92 Å². The van der Waals surface area contributed by atoms with Crippen LogP contribution in [-0.2, 0) is 23.8 Å². The number of alkyl carbamates (subject to hydrolysis) is 2. The number of nitrogens with zero attached hydrogens (tertiary/aromatic N) is 4. The predicted molar refractivity (Wildman–Crippen MR) is 204 cm³/mol. The third-order valence-corrected chi connectivity index (χ3v) is 10.6. The molecule has 0 bridgehead atoms. The van der Waals surface area contributed by atoms with Crippen molar-refractivity contribution in [1.82, 2.24) is 40.4 Å². The van der Waals surface area contributed by atoms with E-state index in [0.717, 1.165) is 36.1 Å². The summed E-state index contributed by atoms with van der Waals surface area (Å²) < 4.78 is 30.5. The Morgan fingerprint density at radius 3 is 1.77 bits per heavy atom. The van der Waals surface area contributed by atoms with Crippen molar-refractivity contribution in [3.63, 3.8) is 0 Å². The monoisotopic (exact) mass is 772 g/mol. The number of benzene rings is 2. The Labute approximate surface area is 324 Å². The Hall–Kier alpha value is -5.77. The lowest BCUT2D eigenvalue weighted by molar-refractivity contribution is -0.137. The van der Waals surface area contributed by atoms with Gasteiger partial charge in [-0.05, 0) is 67.3 Å². The van der Waals surface area contributed by atoms with Gasteiger partial charge in [0.15, 0.2) is 0 Å². The number of amides is 4. The maximum absolute atomic E-state index is 15.7. The molecule has 2 aliphatic rings. The van der Waals surface area contributed by atoms with E-state index in [2.05, 4.69) is 30.6 Å². The highest BCUT2D eigenvalue weighted by Crippen LogP contribution is 2.35. The summed E-state index contributed by atoms with van der Waals surface area (Å²) in [6.07, 6.45) is 4.25. The van der Waals surface area contributed by atoms with Crippen LogP contribution < -0.4 is 10.6 Å². The molecule has 16 heteroatoms. The zero-order valence-corrected chi connectivity index (χ0v) is 32.4. The number of hydrogen-bond donors (Lipinski definition) is 4. The maximum Gasteiger partial charge on any atom is 0.407 e. The van der Waals surface area contributed by atoms with Crippen LogP contribution in [0.15, 0.2) is 54.9 Å². The van der Waals surface area contributed by atoms with E-state index in [1.54, 1.807) is 35.2 Å². The topological polar surface area (TPSA) is 184 Å². The van der Waals surface area contributed by atoms with Gasteiger partial charge in [0.2, 0.25) is 11.8 Å². The fourth-order valence-corrected chi connectivity index (χ4v) is 7.44. The molecule has 4 aromatic rings. The number of carbonyl (C=O) groups excluding carboxylic acids is 4. The van der Waals surface area contributed by atoms with Gasteiger partial charge in [-0.2, -0.15) is 0 Å². The Morgan fingerprint density at radius 1 is 0.732 bits per heavy atom. The lowest BCUT2D eigenvalue weighted by atomic mass is 10.0. The number of H-pyrrole nitrogens is 2. The first-order valence-electron chi connectivity index (χ1n) is 18.8. The summed E-state index contributed by atoms with van der Waals surface area (Å²) in [6.45, 7) is 6.48. The largest absolute Gasteiger partial charge is 0.453 e. The minimum Gasteiger partial charge on any atom is -0.453 e. The summed E-state index contributed by atoms with van der Waals surface area (Å²) in [6, 6.07) is 10.4. The molecule has 0 spiro atoms. The summed E-state index contributed by atoms with van der Waals surface area (Å²) >= 11 is 0. The number of aromatic nitrogens is 4. The van der Waals surface area contributed by atoms with Crippen LogP contribution in [0, 0.1) is 11.7 Å². The van der Waals surface area contributed by atoms with Crippen molar-refractivity contribution in [3.8, 4) is 33.6 Å². The summed E-state index contributed by atoms with van der Waals surface area (Å²) in [7, 11) is 3.96. The Kier molecular flexibility index (Phi) is 12.4. The molecule has 56 heavy (non-hydrogen) atoms. The van der Waals surface area contributed by atoms with Crippen LogP contribution in [0.25, 0.3) is 33.6 Å². The quantitative estimate of drug-likeness (QED) is 0.140. The number of nitrogens with one attached hydrogen (secondary N) is 4. The molecule has 2 aromatic heterocycles. The SMILES string of the molecule is COC(=O)N[C@H](C(=O)N1CCC[C@H]1c1ncc(-c2ccc(-c3ccc(-c4cnc([C@@H]5CCCN5C(=O)[C@@H](NC(=O)OC)[C@@H](C)OC)[nH]4)c(F)c3)cc2)[nH]1)C(C)C. The lowest BCUT2D eigenvalue weighted by Crippen LogP contribution is -2.54. The smallest absolute Gasteiger partial charge is 0.407 e. The van der Waals surface area contributed by atoms with E-state index < -0.39 is 36.2 Å². The van der Waals surface area contributed by atoms with E-state index in [1.165, 1.54) is 27.4 Å². The second-order valence-electron chi connectivity index (χ2n) is 14.4. The molecule has 4 N–H and O–H groups in total. The Morgan fingerprint density at radius 2 is 1.23 bits per heavy atom. The molecule has 2 aromatic carbocycles. The van der Waals surface area contributed by atoms with Gasteiger partial charge in [0, 0.05) is 25.8 Å².